The number of para-hydroxylation sites is 1. The SMILES string of the molecule is CCN(Cc1ccc(F)c(F)c1)C(=O)C[C@H]1C(=O)Nc2ccccc21. The molecule has 6 heteroatoms. The van der Waals surface area contributed by atoms with Gasteiger partial charge in [0.15, 0.2) is 11.6 Å². The first-order valence-electron chi connectivity index (χ1n) is 8.11. The van der Waals surface area contributed by atoms with E-state index in [2.05, 4.69) is 5.32 Å². The number of carbonyl (C=O) groups excluding carboxylic acids is 2. The summed E-state index contributed by atoms with van der Waals surface area (Å²) in [7, 11) is 0. The second kappa shape index (κ2) is 7.01. The lowest BCUT2D eigenvalue weighted by Crippen LogP contribution is -2.32. The molecular formula is C19H18F2N2O2. The van der Waals surface area contributed by atoms with Crippen molar-refractivity contribution in [2.45, 2.75) is 25.8 Å². The van der Waals surface area contributed by atoms with E-state index in [0.717, 1.165) is 23.4 Å². The molecule has 0 fully saturated rings. The van der Waals surface area contributed by atoms with Crippen molar-refractivity contribution in [1.29, 1.82) is 0 Å². The molecule has 25 heavy (non-hydrogen) atoms. The Morgan fingerprint density at radius 2 is 1.92 bits per heavy atom. The lowest BCUT2D eigenvalue weighted by atomic mass is 9.96. The quantitative estimate of drug-likeness (QED) is 0.903. The first-order valence-corrected chi connectivity index (χ1v) is 8.11. The zero-order valence-electron chi connectivity index (χ0n) is 13.8. The van der Waals surface area contributed by atoms with Gasteiger partial charge in [-0.25, -0.2) is 8.78 Å². The van der Waals surface area contributed by atoms with Gasteiger partial charge in [-0.2, -0.15) is 0 Å². The molecule has 0 saturated carbocycles. The van der Waals surface area contributed by atoms with E-state index in [0.29, 0.717) is 12.1 Å². The number of rotatable bonds is 5. The van der Waals surface area contributed by atoms with E-state index in [9.17, 15) is 18.4 Å². The summed E-state index contributed by atoms with van der Waals surface area (Å²) < 4.78 is 26.4. The highest BCUT2D eigenvalue weighted by molar-refractivity contribution is 6.04. The van der Waals surface area contributed by atoms with Crippen molar-refractivity contribution in [2.24, 2.45) is 0 Å². The van der Waals surface area contributed by atoms with Gasteiger partial charge in [0.25, 0.3) is 0 Å². The average Bonchev–Trinajstić information content (AvgIpc) is 2.91. The Morgan fingerprint density at radius 3 is 2.64 bits per heavy atom. The molecule has 4 nitrogen and oxygen atoms in total. The Morgan fingerprint density at radius 1 is 1.16 bits per heavy atom. The number of fused-ring (bicyclic) bond motifs is 1. The molecule has 2 aromatic carbocycles. The average molecular weight is 344 g/mol. The third kappa shape index (κ3) is 3.52. The van der Waals surface area contributed by atoms with Crippen LogP contribution < -0.4 is 5.32 Å². The molecule has 0 unspecified atom stereocenters. The van der Waals surface area contributed by atoms with Crippen LogP contribution in [0.1, 0.15) is 30.4 Å². The fourth-order valence-electron chi connectivity index (χ4n) is 3.02. The summed E-state index contributed by atoms with van der Waals surface area (Å²) in [5.74, 6) is -2.78. The highest BCUT2D eigenvalue weighted by Gasteiger charge is 2.33. The first kappa shape index (κ1) is 17.1. The Kier molecular flexibility index (Phi) is 4.79. The van der Waals surface area contributed by atoms with Crippen LogP contribution >= 0.6 is 0 Å². The van der Waals surface area contributed by atoms with E-state index in [1.165, 1.54) is 11.0 Å². The predicted octanol–water partition coefficient (Wildman–Crippen LogP) is 3.44. The fourth-order valence-corrected chi connectivity index (χ4v) is 3.02. The minimum atomic E-state index is -0.940. The Balaban J connectivity index is 1.72. The van der Waals surface area contributed by atoms with Crippen molar-refractivity contribution in [3.8, 4) is 0 Å². The van der Waals surface area contributed by atoms with Gasteiger partial charge in [0.05, 0.1) is 5.92 Å². The molecule has 2 amide bonds. The number of amides is 2. The number of nitrogens with zero attached hydrogens (tertiary/aromatic N) is 1. The molecule has 1 aliphatic heterocycles. The van der Waals surface area contributed by atoms with Crippen LogP contribution in [-0.4, -0.2) is 23.3 Å². The summed E-state index contributed by atoms with van der Waals surface area (Å²) in [6, 6.07) is 10.9. The number of hydrogen-bond acceptors (Lipinski definition) is 2. The van der Waals surface area contributed by atoms with Crippen molar-refractivity contribution in [1.82, 2.24) is 4.90 Å². The van der Waals surface area contributed by atoms with E-state index >= 15 is 0 Å². The number of benzene rings is 2. The lowest BCUT2D eigenvalue weighted by molar-refractivity contribution is -0.133. The van der Waals surface area contributed by atoms with Gasteiger partial charge in [-0.3, -0.25) is 9.59 Å². The van der Waals surface area contributed by atoms with Gasteiger partial charge in [-0.15, -0.1) is 0 Å². The summed E-state index contributed by atoms with van der Waals surface area (Å²) in [5.41, 5.74) is 2.05. The van der Waals surface area contributed by atoms with E-state index in [1.807, 2.05) is 18.2 Å². The van der Waals surface area contributed by atoms with Crippen LogP contribution in [0.4, 0.5) is 14.5 Å². The molecule has 130 valence electrons. The van der Waals surface area contributed by atoms with Crippen molar-refractivity contribution in [3.05, 3.63) is 65.2 Å². The zero-order valence-corrected chi connectivity index (χ0v) is 13.8. The first-order chi connectivity index (χ1) is 12.0. The van der Waals surface area contributed by atoms with Gasteiger partial charge in [-0.05, 0) is 36.2 Å². The fraction of sp³-hybridized carbons (Fsp3) is 0.263. The monoisotopic (exact) mass is 344 g/mol. The lowest BCUT2D eigenvalue weighted by Gasteiger charge is -2.22. The molecule has 0 radical (unpaired) electrons. The maximum Gasteiger partial charge on any atom is 0.232 e. The predicted molar refractivity (Wildman–Crippen MR) is 89.9 cm³/mol. The summed E-state index contributed by atoms with van der Waals surface area (Å²) >= 11 is 0. The van der Waals surface area contributed by atoms with Crippen molar-refractivity contribution >= 4 is 17.5 Å². The minimum absolute atomic E-state index is 0.0420. The van der Waals surface area contributed by atoms with Crippen LogP contribution in [0, 0.1) is 11.6 Å². The highest BCUT2D eigenvalue weighted by atomic mass is 19.2. The third-order valence-electron chi connectivity index (χ3n) is 4.38. The number of carbonyl (C=O) groups is 2. The van der Waals surface area contributed by atoms with E-state index in [4.69, 9.17) is 0 Å². The minimum Gasteiger partial charge on any atom is -0.339 e. The normalized spacial score (nSPS) is 15.6. The molecule has 1 atom stereocenters. The van der Waals surface area contributed by atoms with Crippen LogP contribution in [0.3, 0.4) is 0 Å². The van der Waals surface area contributed by atoms with Gasteiger partial charge in [0, 0.05) is 25.2 Å². The van der Waals surface area contributed by atoms with Crippen LogP contribution in [0.15, 0.2) is 42.5 Å². The summed E-state index contributed by atoms with van der Waals surface area (Å²) in [6.07, 6.45) is 0.0420. The molecule has 1 aliphatic rings. The molecule has 0 aliphatic carbocycles. The molecule has 0 spiro atoms. The molecule has 1 N–H and O–H groups in total. The highest BCUT2D eigenvalue weighted by Crippen LogP contribution is 2.34. The van der Waals surface area contributed by atoms with Crippen molar-refractivity contribution in [2.75, 3.05) is 11.9 Å². The van der Waals surface area contributed by atoms with Gasteiger partial charge in [-0.1, -0.05) is 24.3 Å². The van der Waals surface area contributed by atoms with Gasteiger partial charge in [0.1, 0.15) is 0 Å². The molecule has 0 bridgehead atoms. The smallest absolute Gasteiger partial charge is 0.232 e. The number of halogens is 2. The van der Waals surface area contributed by atoms with Gasteiger partial charge < -0.3 is 10.2 Å². The molecular weight excluding hydrogens is 326 g/mol. The van der Waals surface area contributed by atoms with E-state index in [1.54, 1.807) is 13.0 Å². The van der Waals surface area contributed by atoms with Crippen LogP contribution in [0.2, 0.25) is 0 Å². The van der Waals surface area contributed by atoms with Crippen LogP contribution in [-0.2, 0) is 16.1 Å². The summed E-state index contributed by atoms with van der Waals surface area (Å²) in [4.78, 5) is 26.3. The van der Waals surface area contributed by atoms with Crippen molar-refractivity contribution < 1.29 is 18.4 Å². The Hall–Kier alpha value is -2.76. The van der Waals surface area contributed by atoms with Gasteiger partial charge >= 0.3 is 0 Å². The standard InChI is InChI=1S/C19H18F2N2O2/c1-2-23(11-12-7-8-15(20)16(21)9-12)18(24)10-14-13-5-3-4-6-17(13)22-19(14)25/h3-9,14H,2,10-11H2,1H3,(H,22,25)/t14-/m1/s1. The zero-order chi connectivity index (χ0) is 18.0. The summed E-state index contributed by atoms with van der Waals surface area (Å²) in [6.45, 7) is 2.39. The largest absolute Gasteiger partial charge is 0.339 e. The Bertz CT molecular complexity index is 823. The van der Waals surface area contributed by atoms with E-state index < -0.39 is 17.6 Å². The Labute approximate surface area is 144 Å². The molecule has 0 saturated heterocycles. The number of anilines is 1. The topological polar surface area (TPSA) is 49.4 Å². The van der Waals surface area contributed by atoms with Crippen LogP contribution in [0.25, 0.3) is 0 Å². The summed E-state index contributed by atoms with van der Waals surface area (Å²) in [5, 5.41) is 2.77. The molecule has 1 heterocycles. The molecule has 3 rings (SSSR count). The van der Waals surface area contributed by atoms with Crippen LogP contribution in [0.5, 0.6) is 0 Å². The maximum atomic E-state index is 13.3. The number of nitrogens with one attached hydrogen (secondary N) is 1. The van der Waals surface area contributed by atoms with Gasteiger partial charge in [0.2, 0.25) is 11.8 Å². The second-order valence-corrected chi connectivity index (χ2v) is 5.99. The third-order valence-corrected chi connectivity index (χ3v) is 4.38. The molecule has 0 aromatic heterocycles. The van der Waals surface area contributed by atoms with Crippen molar-refractivity contribution in [3.63, 3.8) is 0 Å². The number of hydrogen-bond donors (Lipinski definition) is 1. The maximum absolute atomic E-state index is 13.3. The second-order valence-electron chi connectivity index (χ2n) is 5.99. The van der Waals surface area contributed by atoms with E-state index in [-0.39, 0.29) is 24.8 Å². The molecule has 2 aromatic rings.